The van der Waals surface area contributed by atoms with Crippen LogP contribution in [0.3, 0.4) is 0 Å². The lowest BCUT2D eigenvalue weighted by Gasteiger charge is -2.25. The molecule has 6 nitrogen and oxygen atoms in total. The average Bonchev–Trinajstić information content (AvgIpc) is 3.03. The molecule has 2 rings (SSSR count). The molecule has 0 radical (unpaired) electrons. The minimum Gasteiger partial charge on any atom is -0.438 e. The van der Waals surface area contributed by atoms with E-state index in [0.717, 1.165) is 11.1 Å². The van der Waals surface area contributed by atoms with Gasteiger partial charge in [0.05, 0.1) is 0 Å². The number of amides is 1. The molecule has 2 aromatic rings. The van der Waals surface area contributed by atoms with Gasteiger partial charge in [0.15, 0.2) is 5.76 Å². The molecule has 1 aromatic heterocycles. The van der Waals surface area contributed by atoms with Crippen molar-refractivity contribution in [3.8, 4) is 0 Å². The summed E-state index contributed by atoms with van der Waals surface area (Å²) in [6, 6.07) is 10.7. The minimum absolute atomic E-state index is 0.0381. The topological polar surface area (TPSA) is 88.4 Å². The molecule has 0 aliphatic carbocycles. The number of rotatable bonds is 6. The Morgan fingerprint density at radius 2 is 1.92 bits per heavy atom. The zero-order valence-electron chi connectivity index (χ0n) is 14.2. The molecular formula is C17H22N2O4S. The maximum atomic E-state index is 12.2. The average molecular weight is 350 g/mol. The van der Waals surface area contributed by atoms with E-state index < -0.39 is 15.9 Å². The van der Waals surface area contributed by atoms with Gasteiger partial charge < -0.3 is 9.73 Å². The zero-order chi connectivity index (χ0) is 18.0. The highest BCUT2D eigenvalue weighted by Gasteiger charge is 2.24. The summed E-state index contributed by atoms with van der Waals surface area (Å²) in [6.07, 6.45) is 0. The number of carbonyl (C=O) groups is 1. The van der Waals surface area contributed by atoms with Crippen LogP contribution in [-0.4, -0.2) is 27.9 Å². The summed E-state index contributed by atoms with van der Waals surface area (Å²) in [7, 11) is -2.42. The Kier molecular flexibility index (Phi) is 5.15. The van der Waals surface area contributed by atoms with E-state index in [9.17, 15) is 13.2 Å². The Hall–Kier alpha value is -2.12. The molecule has 0 saturated heterocycles. The highest BCUT2D eigenvalue weighted by atomic mass is 32.2. The van der Waals surface area contributed by atoms with Crippen LogP contribution in [0.15, 0.2) is 45.9 Å². The summed E-state index contributed by atoms with van der Waals surface area (Å²) in [5.74, 6) is -0.489. The molecule has 24 heavy (non-hydrogen) atoms. The second kappa shape index (κ2) is 6.78. The molecule has 7 heteroatoms. The predicted octanol–water partition coefficient (Wildman–Crippen LogP) is 2.20. The second-order valence-electron chi connectivity index (χ2n) is 6.26. The number of nitrogens with one attached hydrogen (secondary N) is 2. The van der Waals surface area contributed by atoms with Gasteiger partial charge in [-0.15, -0.1) is 0 Å². The summed E-state index contributed by atoms with van der Waals surface area (Å²) in [6.45, 7) is 6.47. The third-order valence-corrected chi connectivity index (χ3v) is 5.12. The van der Waals surface area contributed by atoms with Gasteiger partial charge in [-0.25, -0.2) is 13.1 Å². The lowest BCUT2D eigenvalue weighted by molar-refractivity contribution is 0.0912. The van der Waals surface area contributed by atoms with Gasteiger partial charge in [0, 0.05) is 12.0 Å². The lowest BCUT2D eigenvalue weighted by atomic mass is 9.84. The van der Waals surface area contributed by atoms with Crippen molar-refractivity contribution in [2.45, 2.75) is 31.3 Å². The van der Waals surface area contributed by atoms with Crippen LogP contribution in [0.5, 0.6) is 0 Å². The molecule has 0 aliphatic heterocycles. The smallest absolute Gasteiger partial charge is 0.287 e. The Morgan fingerprint density at radius 3 is 2.54 bits per heavy atom. The maximum Gasteiger partial charge on any atom is 0.287 e. The van der Waals surface area contributed by atoms with Gasteiger partial charge in [0.1, 0.15) is 0 Å². The Balaban J connectivity index is 2.08. The quantitative estimate of drug-likeness (QED) is 0.836. The zero-order valence-corrected chi connectivity index (χ0v) is 15.0. The summed E-state index contributed by atoms with van der Waals surface area (Å²) < 4.78 is 30.5. The molecule has 0 aliphatic rings. The fourth-order valence-electron chi connectivity index (χ4n) is 2.24. The van der Waals surface area contributed by atoms with Crippen LogP contribution < -0.4 is 10.0 Å². The van der Waals surface area contributed by atoms with E-state index in [1.165, 1.54) is 19.2 Å². The molecule has 0 bridgehead atoms. The minimum atomic E-state index is -3.70. The molecule has 2 N–H and O–H groups in total. The van der Waals surface area contributed by atoms with Crippen molar-refractivity contribution in [2.24, 2.45) is 0 Å². The van der Waals surface area contributed by atoms with Crippen LogP contribution in [0.25, 0.3) is 0 Å². The molecule has 130 valence electrons. The third kappa shape index (κ3) is 4.04. The summed E-state index contributed by atoms with van der Waals surface area (Å²) in [5, 5.41) is 2.51. The van der Waals surface area contributed by atoms with Crippen molar-refractivity contribution < 1.29 is 17.6 Å². The number of furan rings is 1. The van der Waals surface area contributed by atoms with Crippen LogP contribution in [0, 0.1) is 6.92 Å². The van der Waals surface area contributed by atoms with E-state index in [4.69, 9.17) is 4.42 Å². The van der Waals surface area contributed by atoms with Crippen molar-refractivity contribution in [3.63, 3.8) is 0 Å². The van der Waals surface area contributed by atoms with Crippen LogP contribution in [0.4, 0.5) is 0 Å². The van der Waals surface area contributed by atoms with Crippen LogP contribution in [0.1, 0.15) is 35.5 Å². The fraction of sp³-hybridized carbons (Fsp3) is 0.353. The van der Waals surface area contributed by atoms with Crippen molar-refractivity contribution in [1.29, 1.82) is 0 Å². The summed E-state index contributed by atoms with van der Waals surface area (Å²) >= 11 is 0. The van der Waals surface area contributed by atoms with E-state index in [-0.39, 0.29) is 16.3 Å². The number of hydrogen-bond donors (Lipinski definition) is 2. The largest absolute Gasteiger partial charge is 0.438 e. The first kappa shape index (κ1) is 18.2. The van der Waals surface area contributed by atoms with E-state index in [1.807, 2.05) is 39.0 Å². The molecular weight excluding hydrogens is 328 g/mol. The third-order valence-electron chi connectivity index (χ3n) is 3.83. The van der Waals surface area contributed by atoms with Crippen LogP contribution in [-0.2, 0) is 15.4 Å². The Labute approximate surface area is 142 Å². The van der Waals surface area contributed by atoms with E-state index in [0.29, 0.717) is 6.54 Å². The highest BCUT2D eigenvalue weighted by Crippen LogP contribution is 2.23. The molecule has 1 amide bonds. The Morgan fingerprint density at radius 1 is 1.21 bits per heavy atom. The van der Waals surface area contributed by atoms with Crippen LogP contribution >= 0.6 is 0 Å². The van der Waals surface area contributed by atoms with Gasteiger partial charge in [-0.1, -0.05) is 43.7 Å². The van der Waals surface area contributed by atoms with E-state index in [2.05, 4.69) is 16.1 Å². The molecule has 0 fully saturated rings. The molecule has 0 spiro atoms. The monoisotopic (exact) mass is 350 g/mol. The van der Waals surface area contributed by atoms with Gasteiger partial charge in [-0.05, 0) is 31.7 Å². The number of hydrogen-bond acceptors (Lipinski definition) is 4. The number of benzene rings is 1. The molecule has 1 aromatic carbocycles. The van der Waals surface area contributed by atoms with Gasteiger partial charge >= 0.3 is 0 Å². The summed E-state index contributed by atoms with van der Waals surface area (Å²) in [4.78, 5) is 12.2. The van der Waals surface area contributed by atoms with Gasteiger partial charge in [0.2, 0.25) is 5.09 Å². The highest BCUT2D eigenvalue weighted by molar-refractivity contribution is 7.89. The second-order valence-corrected chi connectivity index (χ2v) is 8.08. The normalized spacial score (nSPS) is 12.2. The van der Waals surface area contributed by atoms with Crippen molar-refractivity contribution in [2.75, 3.05) is 13.6 Å². The number of carbonyl (C=O) groups excluding carboxylic acids is 1. The van der Waals surface area contributed by atoms with Gasteiger partial charge in [0.25, 0.3) is 15.9 Å². The van der Waals surface area contributed by atoms with E-state index in [1.54, 1.807) is 0 Å². The molecule has 1 heterocycles. The first-order valence-electron chi connectivity index (χ1n) is 7.54. The molecule has 0 unspecified atom stereocenters. The lowest BCUT2D eigenvalue weighted by Crippen LogP contribution is -2.36. The van der Waals surface area contributed by atoms with E-state index >= 15 is 0 Å². The van der Waals surface area contributed by atoms with Crippen molar-refractivity contribution in [3.05, 3.63) is 53.3 Å². The fourth-order valence-corrected chi connectivity index (χ4v) is 2.89. The van der Waals surface area contributed by atoms with Gasteiger partial charge in [-0.2, -0.15) is 0 Å². The van der Waals surface area contributed by atoms with Crippen LogP contribution in [0.2, 0.25) is 0 Å². The number of aryl methyl sites for hydroxylation is 1. The summed E-state index contributed by atoms with van der Waals surface area (Å²) in [5.41, 5.74) is 1.99. The molecule has 0 atom stereocenters. The SMILES string of the molecule is CNS(=O)(=O)c1ccc(C(=O)NCC(C)(C)c2cccc(C)c2)o1. The Bertz CT molecular complexity index is 838. The standard InChI is InChI=1S/C17H22N2O4S/c1-12-6-5-7-13(10-12)17(2,3)11-19-16(20)14-8-9-15(23-14)24(21,22)18-4/h5-10,18H,11H2,1-4H3,(H,19,20). The number of sulfonamides is 1. The van der Waals surface area contributed by atoms with Crippen molar-refractivity contribution in [1.82, 2.24) is 10.0 Å². The molecule has 0 saturated carbocycles. The predicted molar refractivity (Wildman–Crippen MR) is 91.5 cm³/mol. The van der Waals surface area contributed by atoms with Crippen molar-refractivity contribution >= 4 is 15.9 Å². The first-order valence-corrected chi connectivity index (χ1v) is 9.03. The van der Waals surface area contributed by atoms with Gasteiger partial charge in [-0.3, -0.25) is 4.79 Å². The maximum absolute atomic E-state index is 12.2. The first-order chi connectivity index (χ1) is 11.2.